The van der Waals surface area contributed by atoms with Gasteiger partial charge >= 0.3 is 5.97 Å². The summed E-state index contributed by atoms with van der Waals surface area (Å²) in [5.74, 6) is -0.908. The molecule has 26 heavy (non-hydrogen) atoms. The van der Waals surface area contributed by atoms with Gasteiger partial charge in [0.15, 0.2) is 0 Å². The van der Waals surface area contributed by atoms with Crippen LogP contribution in [0.5, 0.6) is 0 Å². The first-order valence-electron chi connectivity index (χ1n) is 8.58. The lowest BCUT2D eigenvalue weighted by Crippen LogP contribution is -2.40. The van der Waals surface area contributed by atoms with Crippen LogP contribution in [-0.2, 0) is 11.3 Å². The van der Waals surface area contributed by atoms with E-state index in [1.54, 1.807) is 24.3 Å². The topological polar surface area (TPSA) is 78.9 Å². The predicted molar refractivity (Wildman–Crippen MR) is 98.6 cm³/mol. The summed E-state index contributed by atoms with van der Waals surface area (Å²) in [4.78, 5) is 25.5. The number of nitrogens with zero attached hydrogens (tertiary/aromatic N) is 1. The van der Waals surface area contributed by atoms with Crippen molar-refractivity contribution in [2.45, 2.75) is 13.5 Å². The first-order chi connectivity index (χ1) is 12.5. The standard InChI is InChI=1S/C20H22N2O4/c1-14-2-7-17(12-18(14)19(23)22-8-10-26-11-9-22)21-13-15-3-5-16(6-4-15)20(24)25/h2-7,12,21H,8-11,13H2,1H3,(H,24,25). The molecule has 1 saturated heterocycles. The van der Waals surface area contributed by atoms with Gasteiger partial charge < -0.3 is 20.1 Å². The predicted octanol–water partition coefficient (Wildman–Crippen LogP) is 2.78. The van der Waals surface area contributed by atoms with Crippen LogP contribution in [0.2, 0.25) is 0 Å². The highest BCUT2D eigenvalue weighted by molar-refractivity contribution is 5.96. The average Bonchev–Trinajstić information content (AvgIpc) is 2.68. The Morgan fingerprint density at radius 2 is 1.81 bits per heavy atom. The molecule has 0 aromatic heterocycles. The van der Waals surface area contributed by atoms with Crippen molar-refractivity contribution in [1.29, 1.82) is 0 Å². The minimum Gasteiger partial charge on any atom is -0.478 e. The summed E-state index contributed by atoms with van der Waals surface area (Å²) in [5.41, 5.74) is 3.73. The number of carboxylic acid groups (broad SMARTS) is 1. The lowest BCUT2D eigenvalue weighted by Gasteiger charge is -2.27. The fourth-order valence-electron chi connectivity index (χ4n) is 2.87. The maximum absolute atomic E-state index is 12.7. The molecule has 0 unspecified atom stereocenters. The molecular weight excluding hydrogens is 332 g/mol. The zero-order valence-electron chi connectivity index (χ0n) is 14.7. The second kappa shape index (κ2) is 8.01. The minimum atomic E-state index is -0.936. The fourth-order valence-corrected chi connectivity index (χ4v) is 2.87. The summed E-state index contributed by atoms with van der Waals surface area (Å²) >= 11 is 0. The SMILES string of the molecule is Cc1ccc(NCc2ccc(C(=O)O)cc2)cc1C(=O)N1CCOCC1. The van der Waals surface area contributed by atoms with Crippen molar-refractivity contribution < 1.29 is 19.4 Å². The third-order valence-corrected chi connectivity index (χ3v) is 4.46. The van der Waals surface area contributed by atoms with Crippen LogP contribution in [0, 0.1) is 6.92 Å². The first-order valence-corrected chi connectivity index (χ1v) is 8.58. The van der Waals surface area contributed by atoms with Crippen molar-refractivity contribution in [2.75, 3.05) is 31.6 Å². The van der Waals surface area contributed by atoms with Gasteiger partial charge in [0.05, 0.1) is 18.8 Å². The van der Waals surface area contributed by atoms with E-state index in [1.165, 1.54) is 0 Å². The van der Waals surface area contributed by atoms with Gasteiger partial charge in [-0.2, -0.15) is 0 Å². The van der Waals surface area contributed by atoms with E-state index < -0.39 is 5.97 Å². The van der Waals surface area contributed by atoms with Crippen molar-refractivity contribution in [3.05, 3.63) is 64.7 Å². The normalized spacial score (nSPS) is 14.1. The molecule has 0 aliphatic carbocycles. The van der Waals surface area contributed by atoms with E-state index in [-0.39, 0.29) is 11.5 Å². The smallest absolute Gasteiger partial charge is 0.335 e. The third kappa shape index (κ3) is 4.21. The van der Waals surface area contributed by atoms with Crippen molar-refractivity contribution >= 4 is 17.6 Å². The number of ether oxygens (including phenoxy) is 1. The Labute approximate surface area is 152 Å². The molecule has 2 aromatic carbocycles. The van der Waals surface area contributed by atoms with E-state index in [9.17, 15) is 9.59 Å². The van der Waals surface area contributed by atoms with Crippen molar-refractivity contribution in [3.8, 4) is 0 Å². The molecule has 1 aliphatic heterocycles. The molecule has 0 radical (unpaired) electrons. The number of hydrogen-bond donors (Lipinski definition) is 2. The number of anilines is 1. The molecule has 6 heteroatoms. The molecule has 3 rings (SSSR count). The quantitative estimate of drug-likeness (QED) is 0.863. The number of aryl methyl sites for hydroxylation is 1. The molecular formula is C20H22N2O4. The number of aromatic carboxylic acids is 1. The van der Waals surface area contributed by atoms with Crippen LogP contribution in [0.3, 0.4) is 0 Å². The monoisotopic (exact) mass is 354 g/mol. The number of carbonyl (C=O) groups excluding carboxylic acids is 1. The number of nitrogens with one attached hydrogen (secondary N) is 1. The van der Waals surface area contributed by atoms with E-state index in [0.29, 0.717) is 38.4 Å². The Bertz CT molecular complexity index is 796. The molecule has 0 bridgehead atoms. The largest absolute Gasteiger partial charge is 0.478 e. The van der Waals surface area contributed by atoms with Crippen molar-refractivity contribution in [2.24, 2.45) is 0 Å². The van der Waals surface area contributed by atoms with Crippen LogP contribution >= 0.6 is 0 Å². The number of hydrogen-bond acceptors (Lipinski definition) is 4. The Morgan fingerprint density at radius 3 is 2.46 bits per heavy atom. The number of carbonyl (C=O) groups is 2. The molecule has 136 valence electrons. The Kier molecular flexibility index (Phi) is 5.53. The van der Waals surface area contributed by atoms with Crippen LogP contribution in [0.4, 0.5) is 5.69 Å². The van der Waals surface area contributed by atoms with Crippen LogP contribution < -0.4 is 5.32 Å². The van der Waals surface area contributed by atoms with Gasteiger partial charge in [0.2, 0.25) is 0 Å². The molecule has 2 aromatic rings. The van der Waals surface area contributed by atoms with E-state index >= 15 is 0 Å². The molecule has 1 aliphatic rings. The summed E-state index contributed by atoms with van der Waals surface area (Å²) in [7, 11) is 0. The Morgan fingerprint density at radius 1 is 1.12 bits per heavy atom. The second-order valence-corrected chi connectivity index (χ2v) is 6.29. The van der Waals surface area contributed by atoms with E-state index in [4.69, 9.17) is 9.84 Å². The van der Waals surface area contributed by atoms with E-state index in [1.807, 2.05) is 30.0 Å². The van der Waals surface area contributed by atoms with Crippen molar-refractivity contribution in [1.82, 2.24) is 4.90 Å². The van der Waals surface area contributed by atoms with Crippen LogP contribution in [-0.4, -0.2) is 48.2 Å². The van der Waals surface area contributed by atoms with Gasteiger partial charge in [-0.3, -0.25) is 4.79 Å². The third-order valence-electron chi connectivity index (χ3n) is 4.46. The van der Waals surface area contributed by atoms with Gasteiger partial charge in [0.1, 0.15) is 0 Å². The average molecular weight is 354 g/mol. The zero-order valence-corrected chi connectivity index (χ0v) is 14.7. The summed E-state index contributed by atoms with van der Waals surface area (Å²) < 4.78 is 5.31. The van der Waals surface area contributed by atoms with Gasteiger partial charge in [-0.25, -0.2) is 4.79 Å². The summed E-state index contributed by atoms with van der Waals surface area (Å²) in [6.07, 6.45) is 0. The lowest BCUT2D eigenvalue weighted by molar-refractivity contribution is 0.0302. The molecule has 0 atom stereocenters. The van der Waals surface area contributed by atoms with Crippen molar-refractivity contribution in [3.63, 3.8) is 0 Å². The highest BCUT2D eigenvalue weighted by Crippen LogP contribution is 2.19. The zero-order chi connectivity index (χ0) is 18.5. The fraction of sp³-hybridized carbons (Fsp3) is 0.300. The highest BCUT2D eigenvalue weighted by atomic mass is 16.5. The van der Waals surface area contributed by atoms with Gasteiger partial charge in [0, 0.05) is 30.9 Å². The molecule has 0 saturated carbocycles. The maximum atomic E-state index is 12.7. The Hall–Kier alpha value is -2.86. The highest BCUT2D eigenvalue weighted by Gasteiger charge is 2.20. The molecule has 1 fully saturated rings. The number of benzene rings is 2. The summed E-state index contributed by atoms with van der Waals surface area (Å²) in [5, 5.41) is 12.2. The number of carboxylic acids is 1. The van der Waals surface area contributed by atoms with Crippen LogP contribution in [0.25, 0.3) is 0 Å². The van der Waals surface area contributed by atoms with Crippen LogP contribution in [0.15, 0.2) is 42.5 Å². The van der Waals surface area contributed by atoms with Gasteiger partial charge in [-0.05, 0) is 42.3 Å². The van der Waals surface area contributed by atoms with Crippen LogP contribution in [0.1, 0.15) is 31.8 Å². The second-order valence-electron chi connectivity index (χ2n) is 6.29. The molecule has 2 N–H and O–H groups in total. The molecule has 1 heterocycles. The molecule has 0 spiro atoms. The molecule has 1 amide bonds. The lowest BCUT2D eigenvalue weighted by atomic mass is 10.1. The summed E-state index contributed by atoms with van der Waals surface area (Å²) in [6, 6.07) is 12.5. The summed E-state index contributed by atoms with van der Waals surface area (Å²) in [6.45, 7) is 4.87. The van der Waals surface area contributed by atoms with Gasteiger partial charge in [0.25, 0.3) is 5.91 Å². The number of morpholine rings is 1. The van der Waals surface area contributed by atoms with E-state index in [0.717, 1.165) is 16.8 Å². The number of amides is 1. The number of rotatable bonds is 5. The molecule has 6 nitrogen and oxygen atoms in total. The Balaban J connectivity index is 1.68. The van der Waals surface area contributed by atoms with E-state index in [2.05, 4.69) is 5.32 Å². The first kappa shape index (κ1) is 17.9. The van der Waals surface area contributed by atoms with Gasteiger partial charge in [-0.15, -0.1) is 0 Å². The maximum Gasteiger partial charge on any atom is 0.335 e. The minimum absolute atomic E-state index is 0.0280. The van der Waals surface area contributed by atoms with Gasteiger partial charge in [-0.1, -0.05) is 18.2 Å².